The van der Waals surface area contributed by atoms with Crippen molar-refractivity contribution in [2.75, 3.05) is 44.4 Å². The Morgan fingerprint density at radius 1 is 1.19 bits per heavy atom. The van der Waals surface area contributed by atoms with Crippen molar-refractivity contribution in [3.63, 3.8) is 0 Å². The molecule has 0 radical (unpaired) electrons. The summed E-state index contributed by atoms with van der Waals surface area (Å²) in [4.78, 5) is 29.7. The van der Waals surface area contributed by atoms with Gasteiger partial charge >= 0.3 is 6.03 Å². The van der Waals surface area contributed by atoms with Crippen LogP contribution in [0.15, 0.2) is 48.5 Å². The average Bonchev–Trinajstić information content (AvgIpc) is 2.76. The molecule has 0 bridgehead atoms. The van der Waals surface area contributed by atoms with Gasteiger partial charge in [0.25, 0.3) is 5.91 Å². The zero-order valence-corrected chi connectivity index (χ0v) is 19.0. The molecule has 0 aromatic heterocycles. The number of carbonyl (C=O) groups is 2. The molecular formula is C24H32N4O4. The van der Waals surface area contributed by atoms with Gasteiger partial charge in [-0.3, -0.25) is 4.79 Å². The molecule has 0 aliphatic carbocycles. The quantitative estimate of drug-likeness (QED) is 0.642. The molecule has 2 aromatic carbocycles. The van der Waals surface area contributed by atoms with E-state index >= 15 is 0 Å². The minimum Gasteiger partial charge on any atom is -0.486 e. The minimum absolute atomic E-state index is 0.00898. The van der Waals surface area contributed by atoms with Crippen LogP contribution in [-0.2, 0) is 0 Å². The second-order valence-corrected chi connectivity index (χ2v) is 8.51. The highest BCUT2D eigenvalue weighted by Gasteiger charge is 2.34. The van der Waals surface area contributed by atoms with Crippen LogP contribution < -0.4 is 15.4 Å². The van der Waals surface area contributed by atoms with E-state index in [1.807, 2.05) is 51.0 Å². The van der Waals surface area contributed by atoms with Gasteiger partial charge in [-0.1, -0.05) is 31.2 Å². The fraction of sp³-hybridized carbons (Fsp3) is 0.417. The highest BCUT2D eigenvalue weighted by molar-refractivity contribution is 6.04. The van der Waals surface area contributed by atoms with E-state index < -0.39 is 6.03 Å². The zero-order chi connectivity index (χ0) is 23.3. The molecule has 1 aliphatic rings. The van der Waals surface area contributed by atoms with Crippen LogP contribution in [0.4, 0.5) is 16.2 Å². The first-order chi connectivity index (χ1) is 15.3. The Kier molecular flexibility index (Phi) is 7.71. The second kappa shape index (κ2) is 10.5. The Morgan fingerprint density at radius 3 is 2.56 bits per heavy atom. The number of nitrogens with zero attached hydrogens (tertiary/aromatic N) is 2. The van der Waals surface area contributed by atoms with Crippen molar-refractivity contribution in [1.29, 1.82) is 0 Å². The number of hydrogen-bond donors (Lipinski definition) is 3. The molecule has 0 fully saturated rings. The van der Waals surface area contributed by atoms with Crippen LogP contribution in [0, 0.1) is 5.92 Å². The maximum absolute atomic E-state index is 13.4. The normalized spacial score (nSPS) is 19.4. The molecule has 3 amide bonds. The van der Waals surface area contributed by atoms with Crippen molar-refractivity contribution in [1.82, 2.24) is 9.80 Å². The molecule has 3 rings (SSSR count). The number of anilines is 2. The number of ether oxygens (including phenoxy) is 1. The third-order valence-electron chi connectivity index (χ3n) is 5.52. The summed E-state index contributed by atoms with van der Waals surface area (Å²) in [6, 6.07) is 13.5. The summed E-state index contributed by atoms with van der Waals surface area (Å²) in [6.07, 6.45) is -0.217. The number of carbonyl (C=O) groups excluding carboxylic acids is 2. The number of benzene rings is 2. The standard InChI is InChI=1S/C24H32N4O4/c1-16-13-28(17(2)15-29)23(30)19-11-8-12-20(22(19)32-21(16)14-27(3)4)26-24(31)25-18-9-6-5-7-10-18/h5-12,16-17,21,29H,13-15H2,1-4H3,(H2,25,26,31)/t16-,17-,21-/m1/s1. The first-order valence-corrected chi connectivity index (χ1v) is 10.8. The van der Waals surface area contributed by atoms with Gasteiger partial charge in [0, 0.05) is 24.7 Å². The number of hydrogen-bond acceptors (Lipinski definition) is 5. The largest absolute Gasteiger partial charge is 0.486 e. The number of aliphatic hydroxyl groups is 1. The van der Waals surface area contributed by atoms with Gasteiger partial charge in [0.05, 0.1) is 23.9 Å². The smallest absolute Gasteiger partial charge is 0.323 e. The van der Waals surface area contributed by atoms with E-state index in [0.29, 0.717) is 35.8 Å². The van der Waals surface area contributed by atoms with Crippen LogP contribution in [0.1, 0.15) is 24.2 Å². The summed E-state index contributed by atoms with van der Waals surface area (Å²) in [5, 5.41) is 15.3. The maximum Gasteiger partial charge on any atom is 0.323 e. The molecule has 0 unspecified atom stereocenters. The molecule has 1 aliphatic heterocycles. The van der Waals surface area contributed by atoms with E-state index in [1.54, 1.807) is 35.2 Å². The summed E-state index contributed by atoms with van der Waals surface area (Å²) in [5.74, 6) is 0.118. The van der Waals surface area contributed by atoms with Crippen LogP contribution >= 0.6 is 0 Å². The van der Waals surface area contributed by atoms with E-state index in [4.69, 9.17) is 4.74 Å². The van der Waals surface area contributed by atoms with Crippen LogP contribution in [0.3, 0.4) is 0 Å². The highest BCUT2D eigenvalue weighted by Crippen LogP contribution is 2.35. The van der Waals surface area contributed by atoms with Gasteiger partial charge in [-0.2, -0.15) is 0 Å². The van der Waals surface area contributed by atoms with E-state index in [9.17, 15) is 14.7 Å². The lowest BCUT2D eigenvalue weighted by atomic mass is 9.99. The molecule has 3 atom stereocenters. The second-order valence-electron chi connectivity index (χ2n) is 8.51. The number of aliphatic hydroxyl groups excluding tert-OH is 1. The first kappa shape index (κ1) is 23.6. The molecule has 8 heteroatoms. The van der Waals surface area contributed by atoms with Gasteiger partial charge in [-0.05, 0) is 45.3 Å². The molecule has 1 heterocycles. The van der Waals surface area contributed by atoms with Crippen molar-refractivity contribution in [2.24, 2.45) is 5.92 Å². The van der Waals surface area contributed by atoms with Gasteiger partial charge in [0.15, 0.2) is 5.75 Å². The summed E-state index contributed by atoms with van der Waals surface area (Å²) in [7, 11) is 3.93. The third kappa shape index (κ3) is 5.57. The Hall–Kier alpha value is -3.10. The van der Waals surface area contributed by atoms with Crippen LogP contribution in [-0.4, -0.2) is 72.8 Å². The van der Waals surface area contributed by atoms with E-state index in [1.165, 1.54) is 0 Å². The number of amides is 3. The predicted molar refractivity (Wildman–Crippen MR) is 125 cm³/mol. The summed E-state index contributed by atoms with van der Waals surface area (Å²) >= 11 is 0. The Bertz CT molecular complexity index is 935. The van der Waals surface area contributed by atoms with Crippen molar-refractivity contribution >= 4 is 23.3 Å². The monoisotopic (exact) mass is 440 g/mol. The molecule has 8 nitrogen and oxygen atoms in total. The minimum atomic E-state index is -0.430. The third-order valence-corrected chi connectivity index (χ3v) is 5.52. The molecular weight excluding hydrogens is 408 g/mol. The number of likely N-dealkylation sites (N-methyl/N-ethyl adjacent to an activating group) is 1. The molecule has 0 saturated heterocycles. The van der Waals surface area contributed by atoms with Crippen molar-refractivity contribution in [3.8, 4) is 5.75 Å². The molecule has 3 N–H and O–H groups in total. The van der Waals surface area contributed by atoms with Gasteiger partial charge in [0.1, 0.15) is 6.10 Å². The fourth-order valence-electron chi connectivity index (χ4n) is 3.73. The molecule has 0 saturated carbocycles. The average molecular weight is 441 g/mol. The van der Waals surface area contributed by atoms with Crippen LogP contribution in [0.25, 0.3) is 0 Å². The van der Waals surface area contributed by atoms with Crippen molar-refractivity contribution < 1.29 is 19.4 Å². The lowest BCUT2D eigenvalue weighted by Crippen LogP contribution is -2.49. The van der Waals surface area contributed by atoms with Crippen molar-refractivity contribution in [2.45, 2.75) is 26.0 Å². The Morgan fingerprint density at radius 2 is 1.91 bits per heavy atom. The maximum atomic E-state index is 13.4. The number of urea groups is 1. The van der Waals surface area contributed by atoms with Crippen LogP contribution in [0.2, 0.25) is 0 Å². The van der Waals surface area contributed by atoms with Gasteiger partial charge in [-0.15, -0.1) is 0 Å². The summed E-state index contributed by atoms with van der Waals surface area (Å²) in [6.45, 7) is 4.82. The molecule has 32 heavy (non-hydrogen) atoms. The Labute approximate surface area is 189 Å². The number of para-hydroxylation sites is 2. The van der Waals surface area contributed by atoms with Gasteiger partial charge < -0.3 is 30.3 Å². The summed E-state index contributed by atoms with van der Waals surface area (Å²) < 4.78 is 6.38. The number of rotatable bonds is 6. The van der Waals surface area contributed by atoms with E-state index in [-0.39, 0.29) is 30.6 Å². The van der Waals surface area contributed by atoms with Gasteiger partial charge in [0.2, 0.25) is 0 Å². The SMILES string of the molecule is C[C@@H]1CN([C@H](C)CO)C(=O)c2cccc(NC(=O)Nc3ccccc3)c2O[C@@H]1CN(C)C. The fourth-order valence-corrected chi connectivity index (χ4v) is 3.73. The molecule has 0 spiro atoms. The topological polar surface area (TPSA) is 94.1 Å². The highest BCUT2D eigenvalue weighted by atomic mass is 16.5. The summed E-state index contributed by atoms with van der Waals surface area (Å²) in [5.41, 5.74) is 1.43. The van der Waals surface area contributed by atoms with E-state index in [0.717, 1.165) is 0 Å². The van der Waals surface area contributed by atoms with E-state index in [2.05, 4.69) is 10.6 Å². The lowest BCUT2D eigenvalue weighted by Gasteiger charge is -2.38. The number of nitrogens with one attached hydrogen (secondary N) is 2. The first-order valence-electron chi connectivity index (χ1n) is 10.8. The molecule has 2 aromatic rings. The van der Waals surface area contributed by atoms with Gasteiger partial charge in [-0.25, -0.2) is 4.79 Å². The van der Waals surface area contributed by atoms with Crippen LogP contribution in [0.5, 0.6) is 5.75 Å². The number of fused-ring (bicyclic) bond motifs is 1. The zero-order valence-electron chi connectivity index (χ0n) is 19.0. The molecule has 172 valence electrons. The lowest BCUT2D eigenvalue weighted by molar-refractivity contribution is 0.0365. The predicted octanol–water partition coefficient (Wildman–Crippen LogP) is 3.11. The Balaban J connectivity index is 1.96. The van der Waals surface area contributed by atoms with Crippen molar-refractivity contribution in [3.05, 3.63) is 54.1 Å².